The van der Waals surface area contributed by atoms with Gasteiger partial charge in [-0.25, -0.2) is 0 Å². The minimum absolute atomic E-state index is 0.0111. The lowest BCUT2D eigenvalue weighted by Gasteiger charge is -2.15. The van der Waals surface area contributed by atoms with Crippen LogP contribution >= 0.6 is 11.3 Å². The Labute approximate surface area is 136 Å². The van der Waals surface area contributed by atoms with Crippen molar-refractivity contribution in [1.29, 1.82) is 0 Å². The van der Waals surface area contributed by atoms with Crippen molar-refractivity contribution < 1.29 is 4.79 Å². The van der Waals surface area contributed by atoms with Gasteiger partial charge in [0.2, 0.25) is 0 Å². The topological polar surface area (TPSA) is 32.3 Å². The van der Waals surface area contributed by atoms with E-state index in [0.717, 1.165) is 23.5 Å². The van der Waals surface area contributed by atoms with E-state index in [-0.39, 0.29) is 5.91 Å². The summed E-state index contributed by atoms with van der Waals surface area (Å²) >= 11 is 1.57. The van der Waals surface area contributed by atoms with Crippen LogP contribution in [0.25, 0.3) is 0 Å². The van der Waals surface area contributed by atoms with Gasteiger partial charge in [-0.1, -0.05) is 19.1 Å². The molecule has 1 N–H and O–H groups in total. The Morgan fingerprint density at radius 2 is 2.05 bits per heavy atom. The fourth-order valence-corrected chi connectivity index (χ4v) is 3.67. The maximum atomic E-state index is 12.3. The number of nitrogens with zero attached hydrogens (tertiary/aromatic N) is 1. The Morgan fingerprint density at radius 3 is 2.77 bits per heavy atom. The first-order chi connectivity index (χ1) is 10.7. The lowest BCUT2D eigenvalue weighted by molar-refractivity contribution is 0.103. The van der Waals surface area contributed by atoms with E-state index < -0.39 is 0 Å². The average Bonchev–Trinajstić information content (AvgIpc) is 3.18. The lowest BCUT2D eigenvalue weighted by atomic mass is 10.2. The number of carbonyl (C=O) groups excluding carboxylic acids is 1. The fourth-order valence-electron chi connectivity index (χ4n) is 2.83. The van der Waals surface area contributed by atoms with Crippen molar-refractivity contribution in [3.05, 3.63) is 51.7 Å². The van der Waals surface area contributed by atoms with Gasteiger partial charge < -0.3 is 5.32 Å². The van der Waals surface area contributed by atoms with Gasteiger partial charge in [0.05, 0.1) is 4.88 Å². The zero-order chi connectivity index (χ0) is 15.4. The number of carbonyl (C=O) groups is 1. The molecule has 116 valence electrons. The first-order valence-corrected chi connectivity index (χ1v) is 8.77. The highest BCUT2D eigenvalue weighted by molar-refractivity contribution is 7.14. The number of hydrogen-bond acceptors (Lipinski definition) is 3. The molecule has 4 heteroatoms. The zero-order valence-corrected chi connectivity index (χ0v) is 13.8. The molecule has 0 bridgehead atoms. The number of aryl methyl sites for hydroxylation is 1. The largest absolute Gasteiger partial charge is 0.321 e. The second kappa shape index (κ2) is 7.07. The Kier molecular flexibility index (Phi) is 4.90. The number of likely N-dealkylation sites (tertiary alicyclic amines) is 1. The molecule has 22 heavy (non-hydrogen) atoms. The van der Waals surface area contributed by atoms with Crippen LogP contribution in [0, 0.1) is 0 Å². The standard InChI is InChI=1S/C18H22N2OS/c1-2-16-8-9-17(22-16)18(21)19-15-7-5-6-14(12-15)13-20-10-3-4-11-20/h5-9,12H,2-4,10-11,13H2,1H3,(H,19,21). The molecule has 0 radical (unpaired) electrons. The monoisotopic (exact) mass is 314 g/mol. The summed E-state index contributed by atoms with van der Waals surface area (Å²) in [6, 6.07) is 12.1. The minimum atomic E-state index is -0.0111. The smallest absolute Gasteiger partial charge is 0.265 e. The summed E-state index contributed by atoms with van der Waals surface area (Å²) in [4.78, 5) is 16.8. The fraction of sp³-hybridized carbons (Fsp3) is 0.389. The third-order valence-corrected chi connectivity index (χ3v) is 5.25. The van der Waals surface area contributed by atoms with E-state index in [1.807, 2.05) is 24.3 Å². The maximum absolute atomic E-state index is 12.3. The van der Waals surface area contributed by atoms with Crippen molar-refractivity contribution >= 4 is 22.9 Å². The van der Waals surface area contributed by atoms with Gasteiger partial charge in [0.25, 0.3) is 5.91 Å². The van der Waals surface area contributed by atoms with Crippen molar-refractivity contribution in [2.45, 2.75) is 32.7 Å². The molecule has 1 aromatic heterocycles. The van der Waals surface area contributed by atoms with Crippen molar-refractivity contribution in [2.75, 3.05) is 18.4 Å². The van der Waals surface area contributed by atoms with Gasteiger partial charge in [-0.15, -0.1) is 11.3 Å². The Morgan fingerprint density at radius 1 is 1.23 bits per heavy atom. The predicted octanol–water partition coefficient (Wildman–Crippen LogP) is 4.16. The maximum Gasteiger partial charge on any atom is 0.265 e. The van der Waals surface area contributed by atoms with Crippen molar-refractivity contribution in [3.8, 4) is 0 Å². The summed E-state index contributed by atoms with van der Waals surface area (Å²) in [5.41, 5.74) is 2.15. The summed E-state index contributed by atoms with van der Waals surface area (Å²) < 4.78 is 0. The van der Waals surface area contributed by atoms with Crippen LogP contribution in [0.1, 0.15) is 39.9 Å². The van der Waals surface area contributed by atoms with E-state index in [9.17, 15) is 4.79 Å². The summed E-state index contributed by atoms with van der Waals surface area (Å²) in [5, 5.41) is 3.01. The molecule has 2 aromatic rings. The van der Waals surface area contributed by atoms with Gasteiger partial charge >= 0.3 is 0 Å². The van der Waals surface area contributed by atoms with E-state index in [0.29, 0.717) is 0 Å². The first kappa shape index (κ1) is 15.3. The molecular weight excluding hydrogens is 292 g/mol. The summed E-state index contributed by atoms with van der Waals surface area (Å²) in [6.45, 7) is 5.45. The van der Waals surface area contributed by atoms with Crippen LogP contribution in [-0.4, -0.2) is 23.9 Å². The minimum Gasteiger partial charge on any atom is -0.321 e. The molecule has 1 fully saturated rings. The highest BCUT2D eigenvalue weighted by Gasteiger charge is 2.13. The Balaban J connectivity index is 1.65. The molecule has 1 amide bonds. The Hall–Kier alpha value is -1.65. The van der Waals surface area contributed by atoms with E-state index in [2.05, 4.69) is 29.3 Å². The quantitative estimate of drug-likeness (QED) is 0.899. The zero-order valence-electron chi connectivity index (χ0n) is 13.0. The predicted molar refractivity (Wildman–Crippen MR) is 92.6 cm³/mol. The Bertz CT molecular complexity index is 644. The number of nitrogens with one attached hydrogen (secondary N) is 1. The molecule has 1 aliphatic rings. The third kappa shape index (κ3) is 3.76. The number of anilines is 1. The van der Waals surface area contributed by atoms with E-state index in [1.165, 1.54) is 36.4 Å². The van der Waals surface area contributed by atoms with Crippen LogP contribution in [0.15, 0.2) is 36.4 Å². The van der Waals surface area contributed by atoms with Crippen molar-refractivity contribution in [2.24, 2.45) is 0 Å². The van der Waals surface area contributed by atoms with Gasteiger partial charge in [0.15, 0.2) is 0 Å². The van der Waals surface area contributed by atoms with E-state index >= 15 is 0 Å². The number of hydrogen-bond donors (Lipinski definition) is 1. The summed E-state index contributed by atoms with van der Waals surface area (Å²) in [7, 11) is 0. The third-order valence-electron chi connectivity index (χ3n) is 4.02. The van der Waals surface area contributed by atoms with Crippen LogP contribution in [0.2, 0.25) is 0 Å². The molecule has 2 heterocycles. The highest BCUT2D eigenvalue weighted by Crippen LogP contribution is 2.20. The number of rotatable bonds is 5. The first-order valence-electron chi connectivity index (χ1n) is 7.96. The molecular formula is C18H22N2OS. The molecule has 0 spiro atoms. The molecule has 1 aliphatic heterocycles. The summed E-state index contributed by atoms with van der Waals surface area (Å²) in [6.07, 6.45) is 3.58. The van der Waals surface area contributed by atoms with Crippen LogP contribution in [-0.2, 0) is 13.0 Å². The highest BCUT2D eigenvalue weighted by atomic mass is 32.1. The average molecular weight is 314 g/mol. The van der Waals surface area contributed by atoms with E-state index in [1.54, 1.807) is 11.3 Å². The van der Waals surface area contributed by atoms with Gasteiger partial charge in [0, 0.05) is 17.1 Å². The van der Waals surface area contributed by atoms with Crippen LogP contribution in [0.3, 0.4) is 0 Å². The van der Waals surface area contributed by atoms with Crippen molar-refractivity contribution in [3.63, 3.8) is 0 Å². The van der Waals surface area contributed by atoms with Crippen LogP contribution in [0.4, 0.5) is 5.69 Å². The van der Waals surface area contributed by atoms with Gasteiger partial charge in [-0.3, -0.25) is 9.69 Å². The molecule has 0 aliphatic carbocycles. The van der Waals surface area contributed by atoms with E-state index in [4.69, 9.17) is 0 Å². The number of thiophene rings is 1. The van der Waals surface area contributed by atoms with Gasteiger partial charge in [-0.2, -0.15) is 0 Å². The number of amides is 1. The molecule has 1 saturated heterocycles. The van der Waals surface area contributed by atoms with Crippen molar-refractivity contribution in [1.82, 2.24) is 4.90 Å². The SMILES string of the molecule is CCc1ccc(C(=O)Nc2cccc(CN3CCCC3)c2)s1. The van der Waals surface area contributed by atoms with Gasteiger partial charge in [0.1, 0.15) is 0 Å². The van der Waals surface area contributed by atoms with Gasteiger partial charge in [-0.05, 0) is 62.2 Å². The normalized spacial score (nSPS) is 15.1. The molecule has 3 nitrogen and oxygen atoms in total. The molecule has 1 aromatic carbocycles. The molecule has 0 unspecified atom stereocenters. The number of benzene rings is 1. The lowest BCUT2D eigenvalue weighted by Crippen LogP contribution is -2.18. The van der Waals surface area contributed by atoms with Crippen LogP contribution in [0.5, 0.6) is 0 Å². The molecule has 0 atom stereocenters. The second-order valence-corrected chi connectivity index (χ2v) is 6.93. The van der Waals surface area contributed by atoms with Crippen LogP contribution < -0.4 is 5.32 Å². The summed E-state index contributed by atoms with van der Waals surface area (Å²) in [5.74, 6) is -0.0111. The molecule has 0 saturated carbocycles. The second-order valence-electron chi connectivity index (χ2n) is 5.76. The molecule has 3 rings (SSSR count).